The number of rotatable bonds is 5. The number of carbonyl (C=O) groups is 1. The van der Waals surface area contributed by atoms with Gasteiger partial charge in [-0.3, -0.25) is 14.9 Å². The van der Waals surface area contributed by atoms with E-state index in [0.29, 0.717) is 12.0 Å². The van der Waals surface area contributed by atoms with E-state index in [-0.39, 0.29) is 17.3 Å². The van der Waals surface area contributed by atoms with Gasteiger partial charge in [0.15, 0.2) is 0 Å². The van der Waals surface area contributed by atoms with Crippen LogP contribution in [-0.4, -0.2) is 16.9 Å². The Balaban J connectivity index is 2.11. The Labute approximate surface area is 143 Å². The van der Waals surface area contributed by atoms with Crippen molar-refractivity contribution in [3.8, 4) is 0 Å². The van der Waals surface area contributed by atoms with E-state index in [1.54, 1.807) is 19.1 Å². The SMILES string of the molecule is Cc1cccc(C(=O)NC(C)Cc2ccc(Br)cc2)c1[N+](=O)[O-]. The number of benzene rings is 2. The Morgan fingerprint density at radius 3 is 2.52 bits per heavy atom. The Morgan fingerprint density at radius 2 is 1.91 bits per heavy atom. The molecule has 0 radical (unpaired) electrons. The van der Waals surface area contributed by atoms with E-state index >= 15 is 0 Å². The molecule has 1 atom stereocenters. The molecular weight excluding hydrogens is 360 g/mol. The van der Waals surface area contributed by atoms with Gasteiger partial charge in [-0.25, -0.2) is 0 Å². The fraction of sp³-hybridized carbons (Fsp3) is 0.235. The maximum Gasteiger partial charge on any atom is 0.285 e. The second kappa shape index (κ2) is 7.37. The summed E-state index contributed by atoms with van der Waals surface area (Å²) in [6, 6.07) is 12.4. The van der Waals surface area contributed by atoms with Gasteiger partial charge in [-0.05, 0) is 44.0 Å². The monoisotopic (exact) mass is 376 g/mol. The Bertz CT molecular complexity index is 729. The van der Waals surface area contributed by atoms with Crippen molar-refractivity contribution in [2.45, 2.75) is 26.3 Å². The lowest BCUT2D eigenvalue weighted by Crippen LogP contribution is -2.34. The lowest BCUT2D eigenvalue weighted by Gasteiger charge is -2.14. The Kier molecular flexibility index (Phi) is 5.50. The lowest BCUT2D eigenvalue weighted by molar-refractivity contribution is -0.385. The third-order valence-electron chi connectivity index (χ3n) is 3.50. The molecule has 23 heavy (non-hydrogen) atoms. The fourth-order valence-electron chi connectivity index (χ4n) is 2.41. The number of nitro groups is 1. The molecule has 5 nitrogen and oxygen atoms in total. The summed E-state index contributed by atoms with van der Waals surface area (Å²) in [5.74, 6) is -0.426. The molecule has 0 aliphatic heterocycles. The highest BCUT2D eigenvalue weighted by Crippen LogP contribution is 2.23. The van der Waals surface area contributed by atoms with E-state index in [0.717, 1.165) is 10.0 Å². The third-order valence-corrected chi connectivity index (χ3v) is 4.03. The molecule has 0 aliphatic carbocycles. The average Bonchev–Trinajstić information content (AvgIpc) is 2.48. The first-order valence-corrected chi connectivity index (χ1v) is 7.97. The molecule has 0 spiro atoms. The van der Waals surface area contributed by atoms with Gasteiger partial charge in [-0.2, -0.15) is 0 Å². The van der Waals surface area contributed by atoms with Crippen molar-refractivity contribution >= 4 is 27.5 Å². The van der Waals surface area contributed by atoms with E-state index < -0.39 is 10.8 Å². The van der Waals surface area contributed by atoms with Crippen LogP contribution in [0.15, 0.2) is 46.9 Å². The van der Waals surface area contributed by atoms with Crippen LogP contribution in [0.4, 0.5) is 5.69 Å². The summed E-state index contributed by atoms with van der Waals surface area (Å²) in [6.45, 7) is 3.50. The molecule has 0 aliphatic rings. The molecule has 6 heteroatoms. The molecule has 1 amide bonds. The molecule has 120 valence electrons. The van der Waals surface area contributed by atoms with Crippen molar-refractivity contribution in [1.29, 1.82) is 0 Å². The van der Waals surface area contributed by atoms with Crippen LogP contribution in [0.3, 0.4) is 0 Å². The van der Waals surface area contributed by atoms with Crippen molar-refractivity contribution in [3.63, 3.8) is 0 Å². The zero-order chi connectivity index (χ0) is 17.0. The van der Waals surface area contributed by atoms with Gasteiger partial charge in [0.05, 0.1) is 4.92 Å². The Hall–Kier alpha value is -2.21. The first-order valence-electron chi connectivity index (χ1n) is 7.18. The summed E-state index contributed by atoms with van der Waals surface area (Å²) < 4.78 is 0.994. The number of nitro benzene ring substituents is 1. The second-order valence-electron chi connectivity index (χ2n) is 5.43. The maximum atomic E-state index is 12.4. The van der Waals surface area contributed by atoms with E-state index in [4.69, 9.17) is 0 Å². The minimum Gasteiger partial charge on any atom is -0.349 e. The van der Waals surface area contributed by atoms with Gasteiger partial charge < -0.3 is 5.32 Å². The van der Waals surface area contributed by atoms with Gasteiger partial charge in [0.25, 0.3) is 11.6 Å². The Morgan fingerprint density at radius 1 is 1.26 bits per heavy atom. The molecule has 0 heterocycles. The number of aryl methyl sites for hydroxylation is 1. The molecule has 2 rings (SSSR count). The van der Waals surface area contributed by atoms with Crippen LogP contribution in [-0.2, 0) is 6.42 Å². The molecular formula is C17H17BrN2O3. The summed E-state index contributed by atoms with van der Waals surface area (Å²) in [5, 5.41) is 14.0. The van der Waals surface area contributed by atoms with Gasteiger partial charge in [0.2, 0.25) is 0 Å². The minimum atomic E-state index is -0.510. The summed E-state index contributed by atoms with van der Waals surface area (Å²) in [4.78, 5) is 23.0. The first-order chi connectivity index (χ1) is 10.9. The summed E-state index contributed by atoms with van der Waals surface area (Å²) in [5.41, 5.74) is 1.52. The molecule has 0 aromatic heterocycles. The predicted molar refractivity (Wildman–Crippen MR) is 92.6 cm³/mol. The molecule has 2 aromatic carbocycles. The third kappa shape index (κ3) is 4.39. The minimum absolute atomic E-state index is 0.0951. The highest BCUT2D eigenvalue weighted by molar-refractivity contribution is 9.10. The van der Waals surface area contributed by atoms with Gasteiger partial charge >= 0.3 is 0 Å². The summed E-state index contributed by atoms with van der Waals surface area (Å²) in [6.07, 6.45) is 0.651. The molecule has 2 aromatic rings. The van der Waals surface area contributed by atoms with Gasteiger partial charge in [-0.15, -0.1) is 0 Å². The van der Waals surface area contributed by atoms with Crippen LogP contribution >= 0.6 is 15.9 Å². The van der Waals surface area contributed by atoms with Crippen molar-refractivity contribution < 1.29 is 9.72 Å². The van der Waals surface area contributed by atoms with Crippen LogP contribution in [0.5, 0.6) is 0 Å². The van der Waals surface area contributed by atoms with Crippen LogP contribution in [0.25, 0.3) is 0 Å². The summed E-state index contributed by atoms with van der Waals surface area (Å²) in [7, 11) is 0. The average molecular weight is 377 g/mol. The number of amides is 1. The molecule has 0 saturated heterocycles. The van der Waals surface area contributed by atoms with Gasteiger partial charge in [0, 0.05) is 16.1 Å². The highest BCUT2D eigenvalue weighted by Gasteiger charge is 2.23. The van der Waals surface area contributed by atoms with Crippen molar-refractivity contribution in [2.75, 3.05) is 0 Å². The van der Waals surface area contributed by atoms with E-state index in [9.17, 15) is 14.9 Å². The number of nitrogens with one attached hydrogen (secondary N) is 1. The zero-order valence-electron chi connectivity index (χ0n) is 12.9. The second-order valence-corrected chi connectivity index (χ2v) is 6.35. The number of nitrogens with zero attached hydrogens (tertiary/aromatic N) is 1. The number of para-hydroxylation sites is 1. The van der Waals surface area contributed by atoms with Crippen LogP contribution in [0.2, 0.25) is 0 Å². The fourth-order valence-corrected chi connectivity index (χ4v) is 2.68. The first kappa shape index (κ1) is 17.1. The molecule has 1 N–H and O–H groups in total. The van der Waals surface area contributed by atoms with Crippen LogP contribution in [0.1, 0.15) is 28.4 Å². The molecule has 0 fully saturated rings. The van der Waals surface area contributed by atoms with Crippen LogP contribution < -0.4 is 5.32 Å². The lowest BCUT2D eigenvalue weighted by atomic mass is 10.0. The van der Waals surface area contributed by atoms with Crippen molar-refractivity contribution in [1.82, 2.24) is 5.32 Å². The number of halogens is 1. The number of hydrogen-bond donors (Lipinski definition) is 1. The maximum absolute atomic E-state index is 12.4. The van der Waals surface area contributed by atoms with E-state index in [1.807, 2.05) is 31.2 Å². The van der Waals surface area contributed by atoms with Crippen molar-refractivity contribution in [3.05, 3.63) is 73.7 Å². The summed E-state index contributed by atoms with van der Waals surface area (Å²) >= 11 is 3.38. The van der Waals surface area contributed by atoms with Crippen molar-refractivity contribution in [2.24, 2.45) is 0 Å². The molecule has 0 bridgehead atoms. The van der Waals surface area contributed by atoms with Crippen LogP contribution in [0, 0.1) is 17.0 Å². The zero-order valence-corrected chi connectivity index (χ0v) is 14.5. The highest BCUT2D eigenvalue weighted by atomic mass is 79.9. The standard InChI is InChI=1S/C17H17BrN2O3/c1-11-4-3-5-15(16(11)20(22)23)17(21)19-12(2)10-13-6-8-14(18)9-7-13/h3-9,12H,10H2,1-2H3,(H,19,21). The normalized spacial score (nSPS) is 11.8. The van der Waals surface area contributed by atoms with E-state index in [2.05, 4.69) is 21.2 Å². The largest absolute Gasteiger partial charge is 0.349 e. The van der Waals surface area contributed by atoms with Gasteiger partial charge in [0.1, 0.15) is 5.56 Å². The molecule has 0 saturated carbocycles. The quantitative estimate of drug-likeness (QED) is 0.632. The smallest absolute Gasteiger partial charge is 0.285 e. The predicted octanol–water partition coefficient (Wildman–Crippen LogP) is 4.03. The number of hydrogen-bond acceptors (Lipinski definition) is 3. The van der Waals surface area contributed by atoms with E-state index in [1.165, 1.54) is 6.07 Å². The van der Waals surface area contributed by atoms with Gasteiger partial charge in [-0.1, -0.05) is 40.2 Å². The number of carbonyl (C=O) groups excluding carboxylic acids is 1. The topological polar surface area (TPSA) is 72.2 Å². The molecule has 1 unspecified atom stereocenters.